The van der Waals surface area contributed by atoms with Crippen molar-refractivity contribution in [2.24, 2.45) is 23.5 Å². The van der Waals surface area contributed by atoms with Crippen LogP contribution in [0.4, 0.5) is 0 Å². The van der Waals surface area contributed by atoms with Gasteiger partial charge in [-0.2, -0.15) is 0 Å². The Labute approximate surface area is 152 Å². The van der Waals surface area contributed by atoms with Crippen molar-refractivity contribution in [1.29, 1.82) is 0 Å². The summed E-state index contributed by atoms with van der Waals surface area (Å²) in [6.07, 6.45) is 4.63. The summed E-state index contributed by atoms with van der Waals surface area (Å²) in [5, 5.41) is 0. The maximum absolute atomic E-state index is 12.7. The molecule has 0 aromatic heterocycles. The summed E-state index contributed by atoms with van der Waals surface area (Å²) in [6.45, 7) is 9.53. The summed E-state index contributed by atoms with van der Waals surface area (Å²) in [5.74, 6) is 1.48. The Hall–Kier alpha value is -0.810. The lowest BCUT2D eigenvalue weighted by atomic mass is 9.92. The van der Waals surface area contributed by atoms with Crippen molar-refractivity contribution in [2.75, 3.05) is 26.2 Å². The zero-order valence-electron chi connectivity index (χ0n) is 15.4. The molecular weight excluding hydrogens is 326 g/mol. The van der Waals surface area contributed by atoms with E-state index in [0.717, 1.165) is 38.8 Å². The predicted octanol–water partition coefficient (Wildman–Crippen LogP) is 2.28. The molecule has 5 nitrogen and oxygen atoms in total. The highest BCUT2D eigenvalue weighted by Crippen LogP contribution is 2.24. The molecule has 2 atom stereocenters. The number of nitrogens with two attached hydrogens (primary N) is 1. The van der Waals surface area contributed by atoms with Crippen LogP contribution in [-0.2, 0) is 9.59 Å². The molecule has 2 N–H and O–H groups in total. The van der Waals surface area contributed by atoms with Crippen molar-refractivity contribution in [3.8, 4) is 0 Å². The number of amides is 2. The third-order valence-electron chi connectivity index (χ3n) is 5.17. The molecule has 2 fully saturated rings. The van der Waals surface area contributed by atoms with E-state index in [1.54, 1.807) is 0 Å². The van der Waals surface area contributed by atoms with Gasteiger partial charge in [-0.25, -0.2) is 0 Å². The quantitative estimate of drug-likeness (QED) is 0.837. The molecule has 0 aliphatic carbocycles. The first kappa shape index (κ1) is 21.2. The van der Waals surface area contributed by atoms with E-state index in [0.29, 0.717) is 30.8 Å². The number of rotatable bonds is 4. The van der Waals surface area contributed by atoms with Crippen molar-refractivity contribution >= 4 is 24.2 Å². The lowest BCUT2D eigenvalue weighted by Crippen LogP contribution is -2.50. The van der Waals surface area contributed by atoms with Crippen LogP contribution < -0.4 is 5.73 Å². The highest BCUT2D eigenvalue weighted by atomic mass is 35.5. The molecule has 1 unspecified atom stereocenters. The molecular formula is C18H34ClN3O2. The molecule has 0 aromatic rings. The second-order valence-electron chi connectivity index (χ2n) is 7.87. The number of nitrogens with zero attached hydrogens (tertiary/aromatic N) is 2. The van der Waals surface area contributed by atoms with Crippen LogP contribution in [0.25, 0.3) is 0 Å². The van der Waals surface area contributed by atoms with Gasteiger partial charge < -0.3 is 15.5 Å². The van der Waals surface area contributed by atoms with Gasteiger partial charge in [0.2, 0.25) is 11.8 Å². The topological polar surface area (TPSA) is 66.6 Å². The fraction of sp³-hybridized carbons (Fsp3) is 0.889. The number of piperidine rings is 2. The van der Waals surface area contributed by atoms with E-state index in [9.17, 15) is 9.59 Å². The zero-order valence-corrected chi connectivity index (χ0v) is 16.2. The van der Waals surface area contributed by atoms with Gasteiger partial charge in [0.05, 0.1) is 6.04 Å². The number of hydrogen-bond acceptors (Lipinski definition) is 3. The molecule has 0 spiro atoms. The number of carbonyl (C=O) groups excluding carboxylic acids is 2. The average Bonchev–Trinajstić information content (AvgIpc) is 2.53. The van der Waals surface area contributed by atoms with Crippen LogP contribution in [-0.4, -0.2) is 53.8 Å². The molecule has 0 bridgehead atoms. The van der Waals surface area contributed by atoms with Gasteiger partial charge in [0.15, 0.2) is 0 Å². The predicted molar refractivity (Wildman–Crippen MR) is 99.0 cm³/mol. The van der Waals surface area contributed by atoms with E-state index in [1.165, 1.54) is 6.42 Å². The molecule has 6 heteroatoms. The Morgan fingerprint density at radius 2 is 1.71 bits per heavy atom. The summed E-state index contributed by atoms with van der Waals surface area (Å²) in [7, 11) is 0. The van der Waals surface area contributed by atoms with Gasteiger partial charge >= 0.3 is 0 Å². The SMILES string of the molecule is CC(C)C[C@H](N)C(=O)N1CCC(C(=O)N2CCCC(C)C2)CC1.Cl. The Morgan fingerprint density at radius 3 is 2.25 bits per heavy atom. The van der Waals surface area contributed by atoms with Crippen LogP contribution >= 0.6 is 12.4 Å². The van der Waals surface area contributed by atoms with Crippen molar-refractivity contribution in [2.45, 2.75) is 58.9 Å². The molecule has 2 amide bonds. The highest BCUT2D eigenvalue weighted by molar-refractivity contribution is 5.85. The van der Waals surface area contributed by atoms with Gasteiger partial charge in [-0.3, -0.25) is 9.59 Å². The Bertz CT molecular complexity index is 422. The third-order valence-corrected chi connectivity index (χ3v) is 5.17. The first-order valence-electron chi connectivity index (χ1n) is 9.21. The number of hydrogen-bond donors (Lipinski definition) is 1. The van der Waals surface area contributed by atoms with Crippen molar-refractivity contribution in [1.82, 2.24) is 9.80 Å². The third kappa shape index (κ3) is 5.62. The molecule has 2 rings (SSSR count). The Balaban J connectivity index is 0.00000288. The van der Waals surface area contributed by atoms with E-state index in [1.807, 2.05) is 9.80 Å². The van der Waals surface area contributed by atoms with Crippen molar-refractivity contribution in [3.63, 3.8) is 0 Å². The molecule has 24 heavy (non-hydrogen) atoms. The fourth-order valence-corrected chi connectivity index (χ4v) is 3.84. The summed E-state index contributed by atoms with van der Waals surface area (Å²) in [5.41, 5.74) is 6.01. The molecule has 0 radical (unpaired) electrons. The monoisotopic (exact) mass is 359 g/mol. The fourth-order valence-electron chi connectivity index (χ4n) is 3.84. The van der Waals surface area contributed by atoms with E-state index in [-0.39, 0.29) is 24.2 Å². The zero-order chi connectivity index (χ0) is 17.0. The lowest BCUT2D eigenvalue weighted by molar-refractivity contribution is -0.142. The van der Waals surface area contributed by atoms with Gasteiger partial charge in [0, 0.05) is 32.1 Å². The van der Waals surface area contributed by atoms with Gasteiger partial charge in [-0.05, 0) is 43.9 Å². The summed E-state index contributed by atoms with van der Waals surface area (Å²) < 4.78 is 0. The highest BCUT2D eigenvalue weighted by Gasteiger charge is 2.32. The van der Waals surface area contributed by atoms with Gasteiger partial charge in [0.25, 0.3) is 0 Å². The van der Waals surface area contributed by atoms with Crippen molar-refractivity contribution in [3.05, 3.63) is 0 Å². The minimum absolute atomic E-state index is 0. The molecule has 140 valence electrons. The minimum atomic E-state index is -0.398. The standard InChI is InChI=1S/C18H33N3O2.ClH/c1-13(2)11-16(19)18(23)20-9-6-15(7-10-20)17(22)21-8-4-5-14(3)12-21;/h13-16H,4-12,19H2,1-3H3;1H/t14?,16-;/m0./s1. The average molecular weight is 360 g/mol. The molecule has 2 saturated heterocycles. The largest absolute Gasteiger partial charge is 0.342 e. The summed E-state index contributed by atoms with van der Waals surface area (Å²) in [4.78, 5) is 28.9. The molecule has 2 heterocycles. The van der Waals surface area contributed by atoms with E-state index >= 15 is 0 Å². The van der Waals surface area contributed by atoms with E-state index < -0.39 is 6.04 Å². The molecule has 2 aliphatic rings. The van der Waals surface area contributed by atoms with Gasteiger partial charge in [0.1, 0.15) is 0 Å². The minimum Gasteiger partial charge on any atom is -0.342 e. The van der Waals surface area contributed by atoms with Crippen LogP contribution in [0.3, 0.4) is 0 Å². The van der Waals surface area contributed by atoms with Crippen LogP contribution in [0, 0.1) is 17.8 Å². The molecule has 2 aliphatic heterocycles. The Kier molecular flexibility index (Phi) is 8.51. The van der Waals surface area contributed by atoms with Crippen LogP contribution in [0.15, 0.2) is 0 Å². The smallest absolute Gasteiger partial charge is 0.239 e. The van der Waals surface area contributed by atoms with E-state index in [4.69, 9.17) is 5.73 Å². The summed E-state index contributed by atoms with van der Waals surface area (Å²) in [6, 6.07) is -0.398. The normalized spacial score (nSPS) is 23.8. The van der Waals surface area contributed by atoms with Crippen molar-refractivity contribution < 1.29 is 9.59 Å². The van der Waals surface area contributed by atoms with Gasteiger partial charge in [-0.1, -0.05) is 20.8 Å². The summed E-state index contributed by atoms with van der Waals surface area (Å²) >= 11 is 0. The number of halogens is 1. The molecule has 0 aromatic carbocycles. The maximum Gasteiger partial charge on any atom is 0.239 e. The Morgan fingerprint density at radius 1 is 1.08 bits per heavy atom. The second kappa shape index (κ2) is 9.62. The number of carbonyl (C=O) groups is 2. The first-order valence-corrected chi connectivity index (χ1v) is 9.21. The second-order valence-corrected chi connectivity index (χ2v) is 7.87. The molecule has 0 saturated carbocycles. The van der Waals surface area contributed by atoms with Gasteiger partial charge in [-0.15, -0.1) is 12.4 Å². The van der Waals surface area contributed by atoms with Crippen LogP contribution in [0.5, 0.6) is 0 Å². The maximum atomic E-state index is 12.7. The first-order chi connectivity index (χ1) is 10.9. The lowest BCUT2D eigenvalue weighted by Gasteiger charge is -2.37. The van der Waals surface area contributed by atoms with E-state index in [2.05, 4.69) is 20.8 Å². The van der Waals surface area contributed by atoms with Crippen LogP contribution in [0.1, 0.15) is 52.9 Å². The number of likely N-dealkylation sites (tertiary alicyclic amines) is 2. The van der Waals surface area contributed by atoms with Crippen LogP contribution in [0.2, 0.25) is 0 Å².